The van der Waals surface area contributed by atoms with Gasteiger partial charge in [0.1, 0.15) is 0 Å². The zero-order valence-corrected chi connectivity index (χ0v) is 18.1. The lowest BCUT2D eigenvalue weighted by atomic mass is 10.1. The fourth-order valence-corrected chi connectivity index (χ4v) is 3.74. The Morgan fingerprint density at radius 1 is 0.844 bits per heavy atom. The first-order valence-electron chi connectivity index (χ1n) is 10.6. The highest BCUT2D eigenvalue weighted by Gasteiger charge is 2.35. The van der Waals surface area contributed by atoms with Gasteiger partial charge in [0, 0.05) is 35.6 Å². The van der Waals surface area contributed by atoms with Crippen LogP contribution in [-0.2, 0) is 9.59 Å². The molecule has 1 atom stereocenters. The minimum absolute atomic E-state index is 0.133. The van der Waals surface area contributed by atoms with Crippen LogP contribution in [-0.4, -0.2) is 24.3 Å². The number of amides is 3. The van der Waals surface area contributed by atoms with Gasteiger partial charge in [0.15, 0.2) is 0 Å². The molecule has 4 rings (SSSR count). The number of para-hydroxylation sites is 1. The molecule has 3 amide bonds. The lowest BCUT2D eigenvalue weighted by Crippen LogP contribution is -2.28. The Balaban J connectivity index is 1.44. The van der Waals surface area contributed by atoms with Gasteiger partial charge in [-0.1, -0.05) is 30.3 Å². The third kappa shape index (κ3) is 4.70. The molecule has 1 aliphatic heterocycles. The fourth-order valence-electron chi connectivity index (χ4n) is 3.74. The molecule has 0 spiro atoms. The number of carbonyl (C=O) groups is 3. The van der Waals surface area contributed by atoms with Crippen LogP contribution in [0.2, 0.25) is 0 Å². The lowest BCUT2D eigenvalue weighted by molar-refractivity contribution is -0.122. The molecule has 0 bridgehead atoms. The van der Waals surface area contributed by atoms with Gasteiger partial charge in [-0.05, 0) is 67.4 Å². The van der Waals surface area contributed by atoms with Crippen molar-refractivity contribution in [1.82, 2.24) is 0 Å². The molecule has 0 radical (unpaired) electrons. The summed E-state index contributed by atoms with van der Waals surface area (Å²) in [7, 11) is 0. The molecule has 1 fully saturated rings. The van der Waals surface area contributed by atoms with E-state index in [1.54, 1.807) is 29.2 Å². The summed E-state index contributed by atoms with van der Waals surface area (Å²) in [4.78, 5) is 39.6. The molecule has 1 heterocycles. The maximum Gasteiger partial charge on any atom is 0.255 e. The second kappa shape index (κ2) is 9.06. The van der Waals surface area contributed by atoms with Crippen LogP contribution < -0.4 is 15.5 Å². The van der Waals surface area contributed by atoms with Gasteiger partial charge >= 0.3 is 0 Å². The second-order valence-corrected chi connectivity index (χ2v) is 8.06. The van der Waals surface area contributed by atoms with Crippen LogP contribution in [0.1, 0.15) is 27.9 Å². The van der Waals surface area contributed by atoms with Crippen molar-refractivity contribution >= 4 is 34.8 Å². The van der Waals surface area contributed by atoms with E-state index >= 15 is 0 Å². The largest absolute Gasteiger partial charge is 0.326 e. The van der Waals surface area contributed by atoms with E-state index in [0.717, 1.165) is 16.8 Å². The standard InChI is InChI=1S/C26H25N3O3/c1-17-11-12-22(13-18(17)2)28-26(32)20-15-24(30)29(16-20)23-10-6-7-19(14-23)25(31)27-21-8-4-3-5-9-21/h3-14,20H,15-16H2,1-2H3,(H,27,31)(H,28,32)/t20-/m1/s1. The predicted molar refractivity (Wildman–Crippen MR) is 126 cm³/mol. The van der Waals surface area contributed by atoms with Gasteiger partial charge in [-0.2, -0.15) is 0 Å². The summed E-state index contributed by atoms with van der Waals surface area (Å²) in [5.41, 5.74) is 4.73. The SMILES string of the molecule is Cc1ccc(NC(=O)[C@@H]2CC(=O)N(c3cccc(C(=O)Nc4ccccc4)c3)C2)cc1C. The van der Waals surface area contributed by atoms with Crippen LogP contribution in [0.4, 0.5) is 17.1 Å². The van der Waals surface area contributed by atoms with E-state index in [2.05, 4.69) is 10.6 Å². The number of aryl methyl sites for hydroxylation is 2. The average molecular weight is 428 g/mol. The number of carbonyl (C=O) groups excluding carboxylic acids is 3. The first-order valence-corrected chi connectivity index (χ1v) is 10.6. The number of nitrogens with one attached hydrogen (secondary N) is 2. The van der Waals surface area contributed by atoms with Gasteiger partial charge in [-0.15, -0.1) is 0 Å². The van der Waals surface area contributed by atoms with Crippen molar-refractivity contribution in [3.63, 3.8) is 0 Å². The average Bonchev–Trinajstić information content (AvgIpc) is 3.19. The molecule has 3 aromatic rings. The predicted octanol–water partition coefficient (Wildman–Crippen LogP) is 4.55. The van der Waals surface area contributed by atoms with Gasteiger partial charge in [0.25, 0.3) is 5.91 Å². The van der Waals surface area contributed by atoms with E-state index < -0.39 is 5.92 Å². The number of hydrogen-bond acceptors (Lipinski definition) is 3. The Kier molecular flexibility index (Phi) is 6.03. The number of anilines is 3. The molecule has 0 aliphatic carbocycles. The highest BCUT2D eigenvalue weighted by atomic mass is 16.2. The quantitative estimate of drug-likeness (QED) is 0.627. The van der Waals surface area contributed by atoms with E-state index in [-0.39, 0.29) is 30.7 Å². The Morgan fingerprint density at radius 3 is 2.38 bits per heavy atom. The Bertz CT molecular complexity index is 1170. The highest BCUT2D eigenvalue weighted by Crippen LogP contribution is 2.27. The van der Waals surface area contributed by atoms with Crippen molar-refractivity contribution in [2.75, 3.05) is 22.1 Å². The topological polar surface area (TPSA) is 78.5 Å². The smallest absolute Gasteiger partial charge is 0.255 e. The number of benzene rings is 3. The molecule has 32 heavy (non-hydrogen) atoms. The zero-order chi connectivity index (χ0) is 22.7. The molecule has 162 valence electrons. The van der Waals surface area contributed by atoms with Crippen LogP contribution in [0.15, 0.2) is 72.8 Å². The second-order valence-electron chi connectivity index (χ2n) is 8.06. The van der Waals surface area contributed by atoms with Crippen LogP contribution >= 0.6 is 0 Å². The van der Waals surface area contributed by atoms with Gasteiger partial charge < -0.3 is 15.5 Å². The summed E-state index contributed by atoms with van der Waals surface area (Å²) < 4.78 is 0. The fraction of sp³-hybridized carbons (Fsp3) is 0.192. The Morgan fingerprint density at radius 2 is 1.62 bits per heavy atom. The van der Waals surface area contributed by atoms with Crippen LogP contribution in [0.5, 0.6) is 0 Å². The van der Waals surface area contributed by atoms with E-state index in [0.29, 0.717) is 16.9 Å². The molecule has 2 N–H and O–H groups in total. The highest BCUT2D eigenvalue weighted by molar-refractivity contribution is 6.07. The van der Waals surface area contributed by atoms with Crippen LogP contribution in [0, 0.1) is 19.8 Å². The first-order chi connectivity index (χ1) is 15.4. The van der Waals surface area contributed by atoms with Crippen molar-refractivity contribution in [2.45, 2.75) is 20.3 Å². The molecular weight excluding hydrogens is 402 g/mol. The minimum atomic E-state index is -0.453. The lowest BCUT2D eigenvalue weighted by Gasteiger charge is -2.18. The maximum atomic E-state index is 12.8. The van der Waals surface area contributed by atoms with Crippen LogP contribution in [0.25, 0.3) is 0 Å². The van der Waals surface area contributed by atoms with Gasteiger partial charge in [-0.25, -0.2) is 0 Å². The van der Waals surface area contributed by atoms with Crippen molar-refractivity contribution in [3.05, 3.63) is 89.5 Å². The monoisotopic (exact) mass is 427 g/mol. The first kappa shape index (κ1) is 21.3. The van der Waals surface area contributed by atoms with Gasteiger partial charge in [0.2, 0.25) is 11.8 Å². The van der Waals surface area contributed by atoms with Crippen molar-refractivity contribution < 1.29 is 14.4 Å². The van der Waals surface area contributed by atoms with Crippen molar-refractivity contribution in [3.8, 4) is 0 Å². The normalized spacial score (nSPS) is 15.5. The molecule has 6 heteroatoms. The molecule has 0 aromatic heterocycles. The third-order valence-electron chi connectivity index (χ3n) is 5.72. The van der Waals surface area contributed by atoms with Gasteiger partial charge in [-0.3, -0.25) is 14.4 Å². The number of nitrogens with zero attached hydrogens (tertiary/aromatic N) is 1. The molecule has 0 unspecified atom stereocenters. The summed E-state index contributed by atoms with van der Waals surface area (Å²) in [6.07, 6.45) is 0.136. The summed E-state index contributed by atoms with van der Waals surface area (Å²) in [5, 5.41) is 5.76. The molecule has 0 saturated carbocycles. The molecule has 3 aromatic carbocycles. The minimum Gasteiger partial charge on any atom is -0.326 e. The van der Waals surface area contributed by atoms with Crippen LogP contribution in [0.3, 0.4) is 0 Å². The van der Waals surface area contributed by atoms with Gasteiger partial charge in [0.05, 0.1) is 5.92 Å². The van der Waals surface area contributed by atoms with Crippen molar-refractivity contribution in [2.24, 2.45) is 5.92 Å². The third-order valence-corrected chi connectivity index (χ3v) is 5.72. The van der Waals surface area contributed by atoms with E-state index in [1.807, 2.05) is 62.4 Å². The molecule has 1 saturated heterocycles. The molecule has 1 aliphatic rings. The molecule has 6 nitrogen and oxygen atoms in total. The van der Waals surface area contributed by atoms with E-state index in [9.17, 15) is 14.4 Å². The zero-order valence-electron chi connectivity index (χ0n) is 18.1. The summed E-state index contributed by atoms with van der Waals surface area (Å²) in [5.74, 6) is -1.02. The maximum absolute atomic E-state index is 12.8. The summed E-state index contributed by atoms with van der Waals surface area (Å²) >= 11 is 0. The number of rotatable bonds is 5. The summed E-state index contributed by atoms with van der Waals surface area (Å²) in [6, 6.07) is 21.8. The van der Waals surface area contributed by atoms with Crippen molar-refractivity contribution in [1.29, 1.82) is 0 Å². The molecular formula is C26H25N3O3. The Hall–Kier alpha value is -3.93. The Labute approximate surface area is 187 Å². The van der Waals surface area contributed by atoms with E-state index in [1.165, 1.54) is 0 Å². The number of hydrogen-bond donors (Lipinski definition) is 2. The van der Waals surface area contributed by atoms with E-state index in [4.69, 9.17) is 0 Å². The summed E-state index contributed by atoms with van der Waals surface area (Å²) in [6.45, 7) is 4.29.